The summed E-state index contributed by atoms with van der Waals surface area (Å²) in [4.78, 5) is 40.1. The Morgan fingerprint density at radius 2 is 1.62 bits per heavy atom. The molecule has 1 atom stereocenters. The van der Waals surface area contributed by atoms with E-state index in [1.165, 1.54) is 49.8 Å². The van der Waals surface area contributed by atoms with Crippen molar-refractivity contribution in [1.82, 2.24) is 10.2 Å². The van der Waals surface area contributed by atoms with Crippen LogP contribution in [0.25, 0.3) is 0 Å². The third kappa shape index (κ3) is 11.6. The van der Waals surface area contributed by atoms with Crippen molar-refractivity contribution in [3.8, 4) is 5.75 Å². The molecule has 0 aliphatic carbocycles. The minimum absolute atomic E-state index is 0.147. The van der Waals surface area contributed by atoms with Gasteiger partial charge in [-0.3, -0.25) is 14.4 Å². The predicted octanol–water partition coefficient (Wildman–Crippen LogP) is 5.91. The van der Waals surface area contributed by atoms with Crippen LogP contribution in [0.5, 0.6) is 5.75 Å². The topological polar surface area (TPSA) is 84.9 Å². The standard InChI is InChI=1S/C30H48N2O5/c1-4-5-6-7-8-9-10-11-12-15-21-37-28(33)23-26-29(34)31-19-20-32(26)30(35)25-16-13-14-17-27(25)36-22-18-24(2)3/h13-14,16-17,24,26H,4-12,15,18-23H2,1-3H3,(H,31,34). The molecule has 0 saturated carbocycles. The minimum Gasteiger partial charge on any atom is -0.493 e. The van der Waals surface area contributed by atoms with Crippen LogP contribution in [0, 0.1) is 5.92 Å². The second kappa shape index (κ2) is 17.8. The second-order valence-electron chi connectivity index (χ2n) is 10.4. The third-order valence-corrected chi connectivity index (χ3v) is 6.78. The number of piperazine rings is 1. The van der Waals surface area contributed by atoms with Crippen molar-refractivity contribution in [3.63, 3.8) is 0 Å². The molecule has 1 N–H and O–H groups in total. The largest absolute Gasteiger partial charge is 0.493 e. The molecule has 1 aromatic rings. The van der Waals surface area contributed by atoms with Crippen molar-refractivity contribution in [2.45, 2.75) is 104 Å². The monoisotopic (exact) mass is 516 g/mol. The van der Waals surface area contributed by atoms with Gasteiger partial charge in [-0.1, -0.05) is 90.7 Å². The van der Waals surface area contributed by atoms with E-state index in [-0.39, 0.29) is 18.2 Å². The van der Waals surface area contributed by atoms with Gasteiger partial charge in [0, 0.05) is 13.1 Å². The van der Waals surface area contributed by atoms with Crippen molar-refractivity contribution < 1.29 is 23.9 Å². The van der Waals surface area contributed by atoms with E-state index in [1.54, 1.807) is 18.2 Å². The van der Waals surface area contributed by atoms with E-state index < -0.39 is 12.0 Å². The molecule has 7 heteroatoms. The fourth-order valence-corrected chi connectivity index (χ4v) is 4.48. The van der Waals surface area contributed by atoms with Crippen LogP contribution in [0.2, 0.25) is 0 Å². The van der Waals surface area contributed by atoms with Gasteiger partial charge in [-0.25, -0.2) is 0 Å². The molecular weight excluding hydrogens is 468 g/mol. The molecule has 1 saturated heterocycles. The van der Waals surface area contributed by atoms with Gasteiger partial charge in [-0.15, -0.1) is 0 Å². The number of nitrogens with one attached hydrogen (secondary N) is 1. The highest BCUT2D eigenvalue weighted by molar-refractivity contribution is 6.01. The number of ether oxygens (including phenoxy) is 2. The van der Waals surface area contributed by atoms with Crippen molar-refractivity contribution >= 4 is 17.8 Å². The van der Waals surface area contributed by atoms with Crippen LogP contribution in [0.15, 0.2) is 24.3 Å². The Bertz CT molecular complexity index is 826. The number of hydrogen-bond donors (Lipinski definition) is 1. The van der Waals surface area contributed by atoms with E-state index in [2.05, 4.69) is 26.1 Å². The van der Waals surface area contributed by atoms with Gasteiger partial charge in [0.05, 0.1) is 25.2 Å². The molecule has 1 aliphatic rings. The average molecular weight is 517 g/mol. The molecule has 1 aromatic carbocycles. The third-order valence-electron chi connectivity index (χ3n) is 6.78. The van der Waals surface area contributed by atoms with Gasteiger partial charge >= 0.3 is 5.97 Å². The summed E-state index contributed by atoms with van der Waals surface area (Å²) in [5.41, 5.74) is 0.407. The van der Waals surface area contributed by atoms with Crippen LogP contribution in [0.1, 0.15) is 108 Å². The second-order valence-corrected chi connectivity index (χ2v) is 10.4. The number of rotatable bonds is 18. The zero-order valence-corrected chi connectivity index (χ0v) is 23.3. The Labute approximate surface area is 223 Å². The zero-order valence-electron chi connectivity index (χ0n) is 23.3. The van der Waals surface area contributed by atoms with E-state index in [9.17, 15) is 14.4 Å². The first-order valence-electron chi connectivity index (χ1n) is 14.4. The van der Waals surface area contributed by atoms with Crippen molar-refractivity contribution in [2.75, 3.05) is 26.3 Å². The van der Waals surface area contributed by atoms with Gasteiger partial charge in [0.1, 0.15) is 11.8 Å². The number of unbranched alkanes of at least 4 members (excludes halogenated alkanes) is 9. The fourth-order valence-electron chi connectivity index (χ4n) is 4.48. The van der Waals surface area contributed by atoms with E-state index in [4.69, 9.17) is 9.47 Å². The maximum Gasteiger partial charge on any atom is 0.308 e. The molecule has 2 amide bonds. The van der Waals surface area contributed by atoms with Crippen LogP contribution >= 0.6 is 0 Å². The first kappa shape index (κ1) is 30.7. The van der Waals surface area contributed by atoms with Gasteiger partial charge in [-0.2, -0.15) is 0 Å². The molecule has 0 spiro atoms. The lowest BCUT2D eigenvalue weighted by Gasteiger charge is -2.34. The summed E-state index contributed by atoms with van der Waals surface area (Å²) >= 11 is 0. The number of carbonyl (C=O) groups is 3. The molecule has 2 rings (SSSR count). The van der Waals surface area contributed by atoms with Gasteiger partial charge < -0.3 is 19.7 Å². The maximum atomic E-state index is 13.4. The summed E-state index contributed by atoms with van der Waals surface area (Å²) in [6.07, 6.45) is 12.8. The van der Waals surface area contributed by atoms with Crippen molar-refractivity contribution in [1.29, 1.82) is 0 Å². The quantitative estimate of drug-likeness (QED) is 0.194. The number of hydrogen-bond acceptors (Lipinski definition) is 5. The number of nitrogens with zero attached hydrogens (tertiary/aromatic N) is 1. The molecule has 0 bridgehead atoms. The highest BCUT2D eigenvalue weighted by atomic mass is 16.5. The average Bonchev–Trinajstić information content (AvgIpc) is 2.88. The lowest BCUT2D eigenvalue weighted by atomic mass is 10.1. The molecule has 1 heterocycles. The minimum atomic E-state index is -0.884. The number of benzene rings is 1. The first-order valence-corrected chi connectivity index (χ1v) is 14.4. The molecule has 37 heavy (non-hydrogen) atoms. The lowest BCUT2D eigenvalue weighted by Crippen LogP contribution is -2.57. The number of esters is 1. The molecule has 1 fully saturated rings. The molecule has 1 aliphatic heterocycles. The van der Waals surface area contributed by atoms with Crippen molar-refractivity contribution in [2.24, 2.45) is 5.92 Å². The molecular formula is C30H48N2O5. The predicted molar refractivity (Wildman–Crippen MR) is 147 cm³/mol. The van der Waals surface area contributed by atoms with E-state index in [0.29, 0.717) is 43.5 Å². The Morgan fingerprint density at radius 1 is 0.973 bits per heavy atom. The number of para-hydroxylation sites is 1. The number of amides is 2. The SMILES string of the molecule is CCCCCCCCCCCCOC(=O)CC1C(=O)NCCN1C(=O)c1ccccc1OCCC(C)C. The highest BCUT2D eigenvalue weighted by Gasteiger charge is 2.36. The Hall–Kier alpha value is -2.57. The van der Waals surface area contributed by atoms with Gasteiger partial charge in [0.25, 0.3) is 5.91 Å². The zero-order chi connectivity index (χ0) is 26.9. The summed E-state index contributed by atoms with van der Waals surface area (Å²) in [5, 5.41) is 2.78. The molecule has 208 valence electrons. The van der Waals surface area contributed by atoms with Crippen LogP contribution in [-0.2, 0) is 14.3 Å². The molecule has 1 unspecified atom stereocenters. The lowest BCUT2D eigenvalue weighted by molar-refractivity contribution is -0.147. The summed E-state index contributed by atoms with van der Waals surface area (Å²) in [6, 6.07) is 6.20. The molecule has 0 radical (unpaired) electrons. The maximum absolute atomic E-state index is 13.4. The summed E-state index contributed by atoms with van der Waals surface area (Å²) in [6.45, 7) is 8.02. The smallest absolute Gasteiger partial charge is 0.308 e. The van der Waals surface area contributed by atoms with Crippen LogP contribution in [0.3, 0.4) is 0 Å². The first-order chi connectivity index (χ1) is 17.9. The summed E-state index contributed by atoms with van der Waals surface area (Å²) < 4.78 is 11.3. The van der Waals surface area contributed by atoms with E-state index in [1.807, 2.05) is 6.07 Å². The van der Waals surface area contributed by atoms with Gasteiger partial charge in [0.2, 0.25) is 5.91 Å². The van der Waals surface area contributed by atoms with Gasteiger partial charge in [-0.05, 0) is 30.9 Å². The van der Waals surface area contributed by atoms with Gasteiger partial charge in [0.15, 0.2) is 0 Å². The Balaban J connectivity index is 1.79. The summed E-state index contributed by atoms with van der Waals surface area (Å²) in [5.74, 6) is -0.0841. The highest BCUT2D eigenvalue weighted by Crippen LogP contribution is 2.23. The van der Waals surface area contributed by atoms with Crippen LogP contribution in [-0.4, -0.2) is 55.0 Å². The Morgan fingerprint density at radius 3 is 2.30 bits per heavy atom. The molecule has 0 aromatic heterocycles. The fraction of sp³-hybridized carbons (Fsp3) is 0.700. The van der Waals surface area contributed by atoms with E-state index in [0.717, 1.165) is 25.7 Å². The summed E-state index contributed by atoms with van der Waals surface area (Å²) in [7, 11) is 0. The normalized spacial score (nSPS) is 15.5. The Kier molecular flexibility index (Phi) is 14.8. The molecule has 7 nitrogen and oxygen atoms in total. The van der Waals surface area contributed by atoms with Crippen LogP contribution in [0.4, 0.5) is 0 Å². The van der Waals surface area contributed by atoms with E-state index >= 15 is 0 Å². The number of carbonyl (C=O) groups excluding carboxylic acids is 3. The van der Waals surface area contributed by atoms with Crippen molar-refractivity contribution in [3.05, 3.63) is 29.8 Å². The van der Waals surface area contributed by atoms with Crippen LogP contribution < -0.4 is 10.1 Å².